The van der Waals surface area contributed by atoms with Gasteiger partial charge in [0.25, 0.3) is 0 Å². The number of nitrogens with zero attached hydrogens (tertiary/aromatic N) is 1. The first-order valence-corrected chi connectivity index (χ1v) is 10.3. The highest BCUT2D eigenvalue weighted by Gasteiger charge is 2.29. The molecule has 1 aromatic carbocycles. The van der Waals surface area contributed by atoms with Gasteiger partial charge >= 0.3 is 0 Å². The molecule has 0 atom stereocenters. The molecule has 1 aliphatic heterocycles. The summed E-state index contributed by atoms with van der Waals surface area (Å²) in [6.07, 6.45) is 1.69. The molecule has 0 bridgehead atoms. The Kier molecular flexibility index (Phi) is 6.77. The molecule has 1 fully saturated rings. The number of benzene rings is 1. The van der Waals surface area contributed by atoms with E-state index in [4.69, 9.17) is 0 Å². The van der Waals surface area contributed by atoms with Crippen LogP contribution in [0.15, 0.2) is 29.2 Å². The lowest BCUT2D eigenvalue weighted by molar-refractivity contribution is -0.122. The zero-order chi connectivity index (χ0) is 19.3. The Balaban J connectivity index is 1.95. The molecule has 2 N–H and O–H groups in total. The Morgan fingerprint density at radius 2 is 1.73 bits per heavy atom. The van der Waals surface area contributed by atoms with Gasteiger partial charge in [0.05, 0.1) is 4.90 Å². The van der Waals surface area contributed by atoms with Crippen LogP contribution in [0.5, 0.6) is 0 Å². The molecule has 0 saturated carbocycles. The minimum Gasteiger partial charge on any atom is -0.353 e. The van der Waals surface area contributed by atoms with Crippen LogP contribution in [0.25, 0.3) is 0 Å². The van der Waals surface area contributed by atoms with Gasteiger partial charge in [-0.1, -0.05) is 13.8 Å². The number of piperidine rings is 1. The molecule has 1 aromatic rings. The molecule has 1 heterocycles. The summed E-state index contributed by atoms with van der Waals surface area (Å²) in [7, 11) is -3.57. The number of nitrogens with one attached hydrogen (secondary N) is 2. The second-order valence-electron chi connectivity index (χ2n) is 7.05. The van der Waals surface area contributed by atoms with Crippen LogP contribution in [0.4, 0.5) is 5.69 Å². The number of anilines is 1. The molecule has 0 radical (unpaired) electrons. The van der Waals surface area contributed by atoms with E-state index in [1.807, 2.05) is 13.8 Å². The second kappa shape index (κ2) is 8.64. The largest absolute Gasteiger partial charge is 0.353 e. The number of sulfonamides is 1. The highest BCUT2D eigenvalue weighted by atomic mass is 32.2. The number of hydrogen-bond donors (Lipinski definition) is 2. The van der Waals surface area contributed by atoms with Crippen LogP contribution >= 0.6 is 0 Å². The van der Waals surface area contributed by atoms with Crippen LogP contribution in [-0.4, -0.2) is 43.7 Å². The third-order valence-corrected chi connectivity index (χ3v) is 6.14. The molecular weight excluding hydrogens is 354 g/mol. The van der Waals surface area contributed by atoms with E-state index in [0.29, 0.717) is 44.0 Å². The zero-order valence-electron chi connectivity index (χ0n) is 15.5. The Morgan fingerprint density at radius 1 is 1.15 bits per heavy atom. The molecule has 0 spiro atoms. The number of rotatable bonds is 6. The average Bonchev–Trinajstić information content (AvgIpc) is 2.54. The molecule has 26 heavy (non-hydrogen) atoms. The lowest BCUT2D eigenvalue weighted by Crippen LogP contribution is -2.46. The summed E-state index contributed by atoms with van der Waals surface area (Å²) in [4.78, 5) is 23.1. The highest BCUT2D eigenvalue weighted by Crippen LogP contribution is 2.22. The quantitative estimate of drug-likeness (QED) is 0.787. The summed E-state index contributed by atoms with van der Waals surface area (Å²) in [5.74, 6) is 0.119. The smallest absolute Gasteiger partial charge is 0.243 e. The Labute approximate surface area is 155 Å². The number of amides is 2. The minimum absolute atomic E-state index is 0.0230. The SMILES string of the molecule is CC(=O)Nc1ccc(S(=O)(=O)N2CCC(NC(=O)CC(C)C)CC2)cc1. The van der Waals surface area contributed by atoms with E-state index in [9.17, 15) is 18.0 Å². The van der Waals surface area contributed by atoms with Crippen molar-refractivity contribution >= 4 is 27.5 Å². The topological polar surface area (TPSA) is 95.6 Å². The first-order valence-electron chi connectivity index (χ1n) is 8.85. The molecule has 0 aromatic heterocycles. The first-order chi connectivity index (χ1) is 12.2. The standard InChI is InChI=1S/C18H27N3O4S/c1-13(2)12-18(23)20-16-8-10-21(11-9-16)26(24,25)17-6-4-15(5-7-17)19-14(3)22/h4-7,13,16H,8-12H2,1-3H3,(H,19,22)(H,20,23). The average molecular weight is 381 g/mol. The van der Waals surface area contributed by atoms with Crippen molar-refractivity contribution < 1.29 is 18.0 Å². The van der Waals surface area contributed by atoms with Crippen LogP contribution in [0.3, 0.4) is 0 Å². The molecule has 144 valence electrons. The molecule has 1 aliphatic rings. The summed E-state index contributed by atoms with van der Waals surface area (Å²) < 4.78 is 26.9. The van der Waals surface area contributed by atoms with Crippen molar-refractivity contribution in [1.29, 1.82) is 0 Å². The van der Waals surface area contributed by atoms with Gasteiger partial charge in [-0.2, -0.15) is 4.31 Å². The Bertz CT molecular complexity index is 736. The van der Waals surface area contributed by atoms with E-state index < -0.39 is 10.0 Å². The summed E-state index contributed by atoms with van der Waals surface area (Å²) in [5, 5.41) is 5.60. The first kappa shape index (κ1) is 20.4. The maximum atomic E-state index is 12.7. The van der Waals surface area contributed by atoms with Crippen molar-refractivity contribution in [2.24, 2.45) is 5.92 Å². The summed E-state index contributed by atoms with van der Waals surface area (Å²) >= 11 is 0. The van der Waals surface area contributed by atoms with E-state index in [0.717, 1.165) is 0 Å². The van der Waals surface area contributed by atoms with Gasteiger partial charge in [0.15, 0.2) is 0 Å². The van der Waals surface area contributed by atoms with Gasteiger partial charge in [0, 0.05) is 38.2 Å². The minimum atomic E-state index is -3.57. The molecule has 2 amide bonds. The van der Waals surface area contributed by atoms with Crippen molar-refractivity contribution in [3.63, 3.8) is 0 Å². The van der Waals surface area contributed by atoms with Crippen LogP contribution in [0.2, 0.25) is 0 Å². The Morgan fingerprint density at radius 3 is 2.23 bits per heavy atom. The predicted octanol–water partition coefficient (Wildman–Crippen LogP) is 1.96. The van der Waals surface area contributed by atoms with Crippen molar-refractivity contribution in [3.8, 4) is 0 Å². The van der Waals surface area contributed by atoms with Crippen LogP contribution in [-0.2, 0) is 19.6 Å². The second-order valence-corrected chi connectivity index (χ2v) is 8.99. The van der Waals surface area contributed by atoms with Gasteiger partial charge in [-0.05, 0) is 43.0 Å². The van der Waals surface area contributed by atoms with E-state index in [1.165, 1.54) is 23.4 Å². The van der Waals surface area contributed by atoms with Crippen molar-refractivity contribution in [1.82, 2.24) is 9.62 Å². The summed E-state index contributed by atoms with van der Waals surface area (Å²) in [5.41, 5.74) is 0.558. The number of hydrogen-bond acceptors (Lipinski definition) is 4. The fourth-order valence-electron chi connectivity index (χ4n) is 2.96. The third-order valence-electron chi connectivity index (χ3n) is 4.23. The van der Waals surface area contributed by atoms with Crippen molar-refractivity contribution in [3.05, 3.63) is 24.3 Å². The van der Waals surface area contributed by atoms with E-state index in [2.05, 4.69) is 10.6 Å². The molecule has 8 heteroatoms. The van der Waals surface area contributed by atoms with Gasteiger partial charge in [-0.25, -0.2) is 8.42 Å². The Hall–Kier alpha value is -1.93. The maximum absolute atomic E-state index is 12.7. The van der Waals surface area contributed by atoms with Gasteiger partial charge in [0.2, 0.25) is 21.8 Å². The van der Waals surface area contributed by atoms with Gasteiger partial charge in [-0.3, -0.25) is 9.59 Å². The van der Waals surface area contributed by atoms with Crippen molar-refractivity contribution in [2.75, 3.05) is 18.4 Å². The normalized spacial score (nSPS) is 16.5. The van der Waals surface area contributed by atoms with Crippen LogP contribution in [0.1, 0.15) is 40.0 Å². The molecule has 0 unspecified atom stereocenters. The fraction of sp³-hybridized carbons (Fsp3) is 0.556. The monoisotopic (exact) mass is 381 g/mol. The maximum Gasteiger partial charge on any atom is 0.243 e. The van der Waals surface area contributed by atoms with Crippen LogP contribution < -0.4 is 10.6 Å². The lowest BCUT2D eigenvalue weighted by Gasteiger charge is -2.31. The number of carbonyl (C=O) groups is 2. The fourth-order valence-corrected chi connectivity index (χ4v) is 4.43. The third kappa shape index (κ3) is 5.54. The summed E-state index contributed by atoms with van der Waals surface area (Å²) in [6.45, 7) is 6.14. The van der Waals surface area contributed by atoms with E-state index in [-0.39, 0.29) is 22.8 Å². The van der Waals surface area contributed by atoms with Crippen LogP contribution in [0, 0.1) is 5.92 Å². The summed E-state index contributed by atoms with van der Waals surface area (Å²) in [6, 6.07) is 6.17. The molecule has 0 aliphatic carbocycles. The van der Waals surface area contributed by atoms with E-state index >= 15 is 0 Å². The van der Waals surface area contributed by atoms with Gasteiger partial charge in [0.1, 0.15) is 0 Å². The molecule has 1 saturated heterocycles. The molecular formula is C18H27N3O4S. The molecule has 7 nitrogen and oxygen atoms in total. The van der Waals surface area contributed by atoms with Gasteiger partial charge in [-0.15, -0.1) is 0 Å². The van der Waals surface area contributed by atoms with Gasteiger partial charge < -0.3 is 10.6 Å². The zero-order valence-corrected chi connectivity index (χ0v) is 16.3. The molecule has 2 rings (SSSR count). The number of carbonyl (C=O) groups excluding carboxylic acids is 2. The lowest BCUT2D eigenvalue weighted by atomic mass is 10.1. The van der Waals surface area contributed by atoms with E-state index in [1.54, 1.807) is 12.1 Å². The van der Waals surface area contributed by atoms with Crippen molar-refractivity contribution in [2.45, 2.75) is 51.0 Å². The highest BCUT2D eigenvalue weighted by molar-refractivity contribution is 7.89. The predicted molar refractivity (Wildman–Crippen MR) is 100 cm³/mol.